The highest BCUT2D eigenvalue weighted by Gasteiger charge is 2.20. The lowest BCUT2D eigenvalue weighted by atomic mass is 10.1. The predicted octanol–water partition coefficient (Wildman–Crippen LogP) is 0.852. The summed E-state index contributed by atoms with van der Waals surface area (Å²) in [6.45, 7) is 0.728. The number of carbonyl (C=O) groups is 2. The number of rotatable bonds is 8. The Balaban J connectivity index is 1.57. The van der Waals surface area contributed by atoms with Crippen molar-refractivity contribution in [3.8, 4) is 11.8 Å². The Labute approximate surface area is 187 Å². The molecule has 0 saturated heterocycles. The van der Waals surface area contributed by atoms with E-state index in [0.29, 0.717) is 22.9 Å². The minimum atomic E-state index is -1.03. The van der Waals surface area contributed by atoms with Crippen LogP contribution in [-0.4, -0.2) is 35.7 Å². The molecule has 8 heteroatoms. The number of carbonyl (C=O) groups excluding carboxylic acids is 2. The van der Waals surface area contributed by atoms with Gasteiger partial charge in [-0.05, 0) is 48.2 Å². The molecular formula is C24H27N5O3. The molecule has 2 aromatic carbocycles. The number of nitrogens with one attached hydrogen (secondary N) is 3. The number of hydroxylamine groups is 1. The standard InChI is InChI=1S/C24H27N5O3/c25-14-22(24(31)29-32)28-23(30)19-10-8-18(9-11-19)21(26)3-1-2-16-4-6-17(7-5-16)15-27-20-12-13-20/h3-11,20,22,27,32H,12-15,25-26H2,(H,28,30)(H,29,31)/b21-3-/t22-/m0/s1. The van der Waals surface area contributed by atoms with Gasteiger partial charge in [0.15, 0.2) is 0 Å². The van der Waals surface area contributed by atoms with Crippen LogP contribution in [0, 0.1) is 11.8 Å². The zero-order chi connectivity index (χ0) is 22.9. The summed E-state index contributed by atoms with van der Waals surface area (Å²) in [6.07, 6.45) is 4.16. The Kier molecular flexibility index (Phi) is 8.00. The van der Waals surface area contributed by atoms with Crippen LogP contribution in [0.15, 0.2) is 54.6 Å². The quantitative estimate of drug-likeness (QED) is 0.207. The van der Waals surface area contributed by atoms with Crippen LogP contribution in [-0.2, 0) is 11.3 Å². The molecule has 8 nitrogen and oxygen atoms in total. The van der Waals surface area contributed by atoms with Crippen molar-refractivity contribution < 1.29 is 14.8 Å². The third-order valence-electron chi connectivity index (χ3n) is 5.02. The lowest BCUT2D eigenvalue weighted by Gasteiger charge is -2.14. The molecule has 2 amide bonds. The van der Waals surface area contributed by atoms with Crippen LogP contribution in [0.3, 0.4) is 0 Å². The summed E-state index contributed by atoms with van der Waals surface area (Å²) in [4.78, 5) is 23.7. The van der Waals surface area contributed by atoms with Crippen LogP contribution in [0.1, 0.15) is 39.9 Å². The number of amides is 2. The summed E-state index contributed by atoms with van der Waals surface area (Å²) in [7, 11) is 0. The molecule has 0 bridgehead atoms. The van der Waals surface area contributed by atoms with E-state index < -0.39 is 17.9 Å². The maximum Gasteiger partial charge on any atom is 0.267 e. The number of hydrogen-bond acceptors (Lipinski definition) is 6. The van der Waals surface area contributed by atoms with E-state index >= 15 is 0 Å². The Morgan fingerprint density at radius 2 is 1.75 bits per heavy atom. The lowest BCUT2D eigenvalue weighted by Crippen LogP contribution is -2.50. The fraction of sp³-hybridized carbons (Fsp3) is 0.250. The number of nitrogens with two attached hydrogens (primary N) is 2. The molecule has 0 spiro atoms. The van der Waals surface area contributed by atoms with Gasteiger partial charge in [-0.3, -0.25) is 14.8 Å². The molecule has 1 aliphatic rings. The van der Waals surface area contributed by atoms with Gasteiger partial charge in [0.1, 0.15) is 6.04 Å². The summed E-state index contributed by atoms with van der Waals surface area (Å²) in [5.41, 5.74) is 16.6. The Morgan fingerprint density at radius 3 is 2.34 bits per heavy atom. The first-order valence-corrected chi connectivity index (χ1v) is 10.3. The van der Waals surface area contributed by atoms with Gasteiger partial charge in [0.25, 0.3) is 11.8 Å². The Bertz CT molecular complexity index is 1030. The minimum Gasteiger partial charge on any atom is -0.398 e. The molecule has 0 aliphatic heterocycles. The monoisotopic (exact) mass is 433 g/mol. The zero-order valence-electron chi connectivity index (χ0n) is 17.6. The summed E-state index contributed by atoms with van der Waals surface area (Å²) in [5, 5.41) is 14.6. The molecule has 1 saturated carbocycles. The van der Waals surface area contributed by atoms with E-state index in [9.17, 15) is 9.59 Å². The zero-order valence-corrected chi connectivity index (χ0v) is 17.6. The van der Waals surface area contributed by atoms with Crippen molar-refractivity contribution in [2.24, 2.45) is 11.5 Å². The van der Waals surface area contributed by atoms with Crippen molar-refractivity contribution >= 4 is 17.5 Å². The molecule has 1 aliphatic carbocycles. The molecule has 32 heavy (non-hydrogen) atoms. The van der Waals surface area contributed by atoms with Gasteiger partial charge in [-0.25, -0.2) is 5.48 Å². The highest BCUT2D eigenvalue weighted by atomic mass is 16.5. The average molecular weight is 434 g/mol. The molecule has 8 N–H and O–H groups in total. The van der Waals surface area contributed by atoms with Crippen LogP contribution >= 0.6 is 0 Å². The van der Waals surface area contributed by atoms with Crippen LogP contribution in [0.5, 0.6) is 0 Å². The fourth-order valence-corrected chi connectivity index (χ4v) is 2.90. The molecule has 0 aromatic heterocycles. The van der Waals surface area contributed by atoms with E-state index in [1.165, 1.54) is 23.9 Å². The molecule has 0 unspecified atom stereocenters. The molecule has 3 rings (SSSR count). The van der Waals surface area contributed by atoms with Crippen molar-refractivity contribution in [1.82, 2.24) is 16.1 Å². The van der Waals surface area contributed by atoms with Gasteiger partial charge >= 0.3 is 0 Å². The Hall–Kier alpha value is -3.64. The highest BCUT2D eigenvalue weighted by Crippen LogP contribution is 2.19. The largest absolute Gasteiger partial charge is 0.398 e. The first kappa shape index (κ1) is 23.0. The second-order valence-electron chi connectivity index (χ2n) is 7.54. The second-order valence-corrected chi connectivity index (χ2v) is 7.54. The number of hydrogen-bond donors (Lipinski definition) is 6. The van der Waals surface area contributed by atoms with E-state index in [2.05, 4.69) is 34.6 Å². The Morgan fingerprint density at radius 1 is 1.09 bits per heavy atom. The normalized spacial score (nSPS) is 14.1. The maximum atomic E-state index is 12.2. The SMILES string of the molecule is NC[C@H](NC(=O)c1ccc(/C(N)=C/C#Cc2ccc(CNC3CC3)cc2)cc1)C(=O)NO. The van der Waals surface area contributed by atoms with Gasteiger partial charge in [0.2, 0.25) is 0 Å². The van der Waals surface area contributed by atoms with E-state index in [-0.39, 0.29) is 6.54 Å². The molecule has 2 aromatic rings. The van der Waals surface area contributed by atoms with Crippen molar-refractivity contribution in [2.45, 2.75) is 31.5 Å². The van der Waals surface area contributed by atoms with E-state index in [1.54, 1.807) is 30.3 Å². The van der Waals surface area contributed by atoms with Crippen molar-refractivity contribution in [2.75, 3.05) is 6.54 Å². The van der Waals surface area contributed by atoms with Crippen LogP contribution in [0.4, 0.5) is 0 Å². The smallest absolute Gasteiger partial charge is 0.267 e. The van der Waals surface area contributed by atoms with Gasteiger partial charge in [-0.15, -0.1) is 0 Å². The third-order valence-corrected chi connectivity index (χ3v) is 5.02. The predicted molar refractivity (Wildman–Crippen MR) is 122 cm³/mol. The topological polar surface area (TPSA) is 142 Å². The van der Waals surface area contributed by atoms with Crippen LogP contribution in [0.2, 0.25) is 0 Å². The van der Waals surface area contributed by atoms with Crippen molar-refractivity contribution in [3.63, 3.8) is 0 Å². The van der Waals surface area contributed by atoms with Gasteiger partial charge in [-0.2, -0.15) is 0 Å². The van der Waals surface area contributed by atoms with E-state index in [4.69, 9.17) is 16.7 Å². The van der Waals surface area contributed by atoms with Gasteiger partial charge < -0.3 is 22.1 Å². The number of allylic oxidation sites excluding steroid dienone is 1. The molecule has 0 heterocycles. The first-order chi connectivity index (χ1) is 15.5. The van der Waals surface area contributed by atoms with E-state index in [0.717, 1.165) is 12.1 Å². The molecule has 0 radical (unpaired) electrons. The summed E-state index contributed by atoms with van der Waals surface area (Å²) in [6, 6.07) is 14.3. The number of benzene rings is 2. The highest BCUT2D eigenvalue weighted by molar-refractivity contribution is 5.97. The third kappa shape index (κ3) is 6.68. The van der Waals surface area contributed by atoms with Crippen LogP contribution in [0.25, 0.3) is 5.70 Å². The van der Waals surface area contributed by atoms with E-state index in [1.807, 2.05) is 12.1 Å². The minimum absolute atomic E-state index is 0.148. The molecule has 166 valence electrons. The lowest BCUT2D eigenvalue weighted by molar-refractivity contribution is -0.130. The summed E-state index contributed by atoms with van der Waals surface area (Å²) < 4.78 is 0. The first-order valence-electron chi connectivity index (χ1n) is 10.3. The van der Waals surface area contributed by atoms with Gasteiger partial charge in [0.05, 0.1) is 0 Å². The van der Waals surface area contributed by atoms with Crippen LogP contribution < -0.4 is 27.6 Å². The summed E-state index contributed by atoms with van der Waals surface area (Å²) >= 11 is 0. The summed E-state index contributed by atoms with van der Waals surface area (Å²) in [5.74, 6) is 4.74. The second kappa shape index (κ2) is 11.1. The maximum absolute atomic E-state index is 12.2. The van der Waals surface area contributed by atoms with Crippen molar-refractivity contribution in [3.05, 3.63) is 76.9 Å². The molecule has 1 atom stereocenters. The van der Waals surface area contributed by atoms with Crippen molar-refractivity contribution in [1.29, 1.82) is 0 Å². The fourth-order valence-electron chi connectivity index (χ4n) is 2.90. The van der Waals surface area contributed by atoms with Gasteiger partial charge in [-0.1, -0.05) is 36.1 Å². The molecule has 1 fully saturated rings. The molecular weight excluding hydrogens is 406 g/mol. The van der Waals surface area contributed by atoms with Gasteiger partial charge in [0, 0.05) is 42.0 Å². The average Bonchev–Trinajstić information content (AvgIpc) is 3.66.